The first-order chi connectivity index (χ1) is 25.0. The van der Waals surface area contributed by atoms with E-state index in [1.54, 1.807) is 11.2 Å². The van der Waals surface area contributed by atoms with Crippen molar-refractivity contribution in [2.24, 2.45) is 17.3 Å². The predicted octanol–water partition coefficient (Wildman–Crippen LogP) is 4.20. The fraction of sp³-hybridized carbons (Fsp3) is 0.487. The Morgan fingerprint density at radius 1 is 0.942 bits per heavy atom. The smallest absolute Gasteiger partial charge is 0.407 e. The van der Waals surface area contributed by atoms with E-state index in [0.29, 0.717) is 18.9 Å². The lowest BCUT2D eigenvalue weighted by Crippen LogP contribution is -2.59. The van der Waals surface area contributed by atoms with E-state index in [-0.39, 0.29) is 31.4 Å². The molecule has 1 aliphatic carbocycles. The summed E-state index contributed by atoms with van der Waals surface area (Å²) in [7, 11) is 1.24. The van der Waals surface area contributed by atoms with E-state index >= 15 is 0 Å². The third-order valence-corrected chi connectivity index (χ3v) is 9.99. The molecule has 13 heteroatoms. The first kappa shape index (κ1) is 37.2. The maximum absolute atomic E-state index is 13.8. The molecule has 3 bridgehead atoms. The highest BCUT2D eigenvalue weighted by molar-refractivity contribution is 5.86. The summed E-state index contributed by atoms with van der Waals surface area (Å²) < 4.78 is 22.7. The molecule has 0 spiro atoms. The average molecular weight is 716 g/mol. The minimum atomic E-state index is -1.17. The number of hydrogen-bond donors (Lipinski definition) is 4. The van der Waals surface area contributed by atoms with Gasteiger partial charge in [-0.05, 0) is 47.9 Å². The highest BCUT2D eigenvalue weighted by atomic mass is 16.7. The number of hydrogen-bond acceptors (Lipinski definition) is 10. The van der Waals surface area contributed by atoms with Gasteiger partial charge < -0.3 is 34.7 Å². The second-order valence-corrected chi connectivity index (χ2v) is 14.9. The summed E-state index contributed by atoms with van der Waals surface area (Å²) >= 11 is 0. The van der Waals surface area contributed by atoms with Crippen molar-refractivity contribution in [1.29, 1.82) is 0 Å². The molecule has 4 N–H and O–H groups in total. The van der Waals surface area contributed by atoms with Gasteiger partial charge in [-0.15, -0.1) is 0 Å². The van der Waals surface area contributed by atoms with Gasteiger partial charge in [0.1, 0.15) is 12.1 Å². The fourth-order valence-corrected chi connectivity index (χ4v) is 7.29. The van der Waals surface area contributed by atoms with Crippen LogP contribution in [0.5, 0.6) is 0 Å². The fourth-order valence-electron chi connectivity index (χ4n) is 7.29. The van der Waals surface area contributed by atoms with Crippen molar-refractivity contribution in [2.45, 2.75) is 83.3 Å². The molecule has 278 valence electrons. The lowest BCUT2D eigenvalue weighted by Gasteiger charge is -2.37. The van der Waals surface area contributed by atoms with Gasteiger partial charge in [0.05, 0.1) is 37.7 Å². The van der Waals surface area contributed by atoms with Crippen molar-refractivity contribution in [3.63, 3.8) is 0 Å². The first-order valence-corrected chi connectivity index (χ1v) is 17.8. The third kappa shape index (κ3) is 9.26. The zero-order valence-electron chi connectivity index (χ0n) is 30.1. The maximum atomic E-state index is 13.8. The van der Waals surface area contributed by atoms with Crippen LogP contribution >= 0.6 is 0 Å². The van der Waals surface area contributed by atoms with Crippen LogP contribution < -0.4 is 16.1 Å². The number of carbonyl (C=O) groups is 3. The van der Waals surface area contributed by atoms with Gasteiger partial charge in [0, 0.05) is 36.7 Å². The van der Waals surface area contributed by atoms with Crippen molar-refractivity contribution in [1.82, 2.24) is 26.1 Å². The first-order valence-electron chi connectivity index (χ1n) is 17.8. The average Bonchev–Trinajstić information content (AvgIpc) is 3.43. The molecular weight excluding hydrogens is 666 g/mol. The molecule has 3 heterocycles. The molecule has 13 nitrogen and oxygen atoms in total. The van der Waals surface area contributed by atoms with Crippen molar-refractivity contribution < 1.29 is 38.4 Å². The minimum Gasteiger partial charge on any atom is -0.453 e. The number of aliphatic hydroxyl groups excluding tert-OH is 1. The molecule has 2 saturated heterocycles. The van der Waals surface area contributed by atoms with Crippen LogP contribution in [0.15, 0.2) is 79.0 Å². The summed E-state index contributed by atoms with van der Waals surface area (Å²) in [5.74, 6) is -0.117. The number of fused-ring (bicyclic) bond motifs is 2. The number of nitrogens with one attached hydrogen (secondary N) is 3. The Bertz CT molecular complexity index is 1650. The van der Waals surface area contributed by atoms with Gasteiger partial charge in [-0.2, -0.15) is 0 Å². The molecule has 3 aliphatic rings. The van der Waals surface area contributed by atoms with E-state index in [0.717, 1.165) is 35.2 Å². The van der Waals surface area contributed by atoms with Crippen molar-refractivity contribution in [3.8, 4) is 11.3 Å². The molecule has 2 aliphatic heterocycles. The maximum Gasteiger partial charge on any atom is 0.407 e. The minimum absolute atomic E-state index is 0.0508. The standard InChI is InChI=1S/C39H49N5O8/c1-39(2,3)34(42-37(47)49-4)35(46)43-44(21-25-13-15-26(16-14-25)29-12-8-9-17-40-29)22-31(45)30(18-24-10-6-5-7-11-24)41-38(48)52-33-28-19-27-20-32(33)51-36(27)50-23-28/h5-17,27-28,30-34,36,45H,18-23H2,1-4H3,(H,41,48)(H,42,47)(H,43,46)/t27?,28?,30-,31+,32?,33?,34+,36?/m0/s1. The summed E-state index contributed by atoms with van der Waals surface area (Å²) in [6.07, 6.45) is 0.235. The van der Waals surface area contributed by atoms with Crippen LogP contribution in [0.1, 0.15) is 44.7 Å². The Kier molecular flexibility index (Phi) is 11.7. The normalized spacial score (nSPS) is 23.7. The zero-order chi connectivity index (χ0) is 36.8. The quantitative estimate of drug-likeness (QED) is 0.189. The number of aromatic nitrogens is 1. The summed E-state index contributed by atoms with van der Waals surface area (Å²) in [6, 6.07) is 21.2. The Balaban J connectivity index is 1.21. The van der Waals surface area contributed by atoms with Gasteiger partial charge in [0.15, 0.2) is 6.29 Å². The van der Waals surface area contributed by atoms with Crippen LogP contribution in [0.4, 0.5) is 9.59 Å². The van der Waals surface area contributed by atoms with E-state index in [1.807, 2.05) is 93.6 Å². The number of amides is 3. The van der Waals surface area contributed by atoms with Crippen LogP contribution in [0.2, 0.25) is 0 Å². The van der Waals surface area contributed by atoms with E-state index in [1.165, 1.54) is 7.11 Å². The zero-order valence-corrected chi connectivity index (χ0v) is 30.1. The highest BCUT2D eigenvalue weighted by Gasteiger charge is 2.53. The predicted molar refractivity (Wildman–Crippen MR) is 191 cm³/mol. The molecule has 3 fully saturated rings. The summed E-state index contributed by atoms with van der Waals surface area (Å²) in [5.41, 5.74) is 5.74. The Morgan fingerprint density at radius 3 is 2.38 bits per heavy atom. The van der Waals surface area contributed by atoms with Crippen LogP contribution in [-0.4, -0.2) is 90.1 Å². The van der Waals surface area contributed by atoms with Gasteiger partial charge in [-0.3, -0.25) is 15.2 Å². The lowest BCUT2D eigenvalue weighted by atomic mass is 9.78. The number of aliphatic hydroxyl groups is 1. The highest BCUT2D eigenvalue weighted by Crippen LogP contribution is 2.46. The van der Waals surface area contributed by atoms with Gasteiger partial charge in [0.25, 0.3) is 5.91 Å². The van der Waals surface area contributed by atoms with Crippen molar-refractivity contribution in [2.75, 3.05) is 20.3 Å². The molecule has 1 saturated carbocycles. The monoisotopic (exact) mass is 715 g/mol. The molecule has 3 aromatic rings. The summed E-state index contributed by atoms with van der Waals surface area (Å²) in [6.45, 7) is 6.09. The Hall–Kier alpha value is -4.56. The van der Waals surface area contributed by atoms with E-state index in [4.69, 9.17) is 18.9 Å². The van der Waals surface area contributed by atoms with E-state index in [9.17, 15) is 19.5 Å². The number of ether oxygens (including phenoxy) is 4. The van der Waals surface area contributed by atoms with Crippen LogP contribution in [-0.2, 0) is 36.7 Å². The number of pyridine rings is 1. The number of benzene rings is 2. The van der Waals surface area contributed by atoms with Crippen LogP contribution in [0.3, 0.4) is 0 Å². The molecule has 0 radical (unpaired) electrons. The second kappa shape index (κ2) is 16.4. The van der Waals surface area contributed by atoms with Gasteiger partial charge >= 0.3 is 12.2 Å². The Labute approximate surface area is 304 Å². The third-order valence-electron chi connectivity index (χ3n) is 9.99. The molecule has 6 rings (SSSR count). The van der Waals surface area contributed by atoms with Gasteiger partial charge in [0.2, 0.25) is 0 Å². The largest absolute Gasteiger partial charge is 0.453 e. The van der Waals surface area contributed by atoms with Gasteiger partial charge in [-0.25, -0.2) is 14.6 Å². The molecule has 1 aromatic heterocycles. The number of rotatable bonds is 13. The van der Waals surface area contributed by atoms with Crippen molar-refractivity contribution >= 4 is 18.1 Å². The number of nitrogens with zero attached hydrogens (tertiary/aromatic N) is 2. The molecule has 8 atom stereocenters. The molecular formula is C39H49N5O8. The molecule has 52 heavy (non-hydrogen) atoms. The molecule has 5 unspecified atom stereocenters. The van der Waals surface area contributed by atoms with Crippen molar-refractivity contribution in [3.05, 3.63) is 90.1 Å². The topological polar surface area (TPSA) is 161 Å². The number of hydrazine groups is 1. The summed E-state index contributed by atoms with van der Waals surface area (Å²) in [5, 5.41) is 19.0. The SMILES string of the molecule is COC(=O)N[C@H](C(=O)NN(Cc1ccc(-c2ccccn2)cc1)C[C@@H](O)[C@H](Cc1ccccc1)NC(=O)OC1C2COC3OC1CC3C2)C(C)(C)C. The van der Waals surface area contributed by atoms with E-state index < -0.39 is 47.8 Å². The van der Waals surface area contributed by atoms with Crippen LogP contribution in [0.25, 0.3) is 11.3 Å². The molecule has 2 aromatic carbocycles. The second-order valence-electron chi connectivity index (χ2n) is 14.9. The Morgan fingerprint density at radius 2 is 1.69 bits per heavy atom. The lowest BCUT2D eigenvalue weighted by molar-refractivity contribution is -0.153. The molecule has 3 amide bonds. The van der Waals surface area contributed by atoms with E-state index in [2.05, 4.69) is 21.0 Å². The number of carbonyl (C=O) groups excluding carboxylic acids is 3. The summed E-state index contributed by atoms with van der Waals surface area (Å²) in [4.78, 5) is 44.0. The number of alkyl carbamates (subject to hydrolysis) is 2. The van der Waals surface area contributed by atoms with Crippen LogP contribution in [0, 0.1) is 17.3 Å². The van der Waals surface area contributed by atoms with Gasteiger partial charge in [-0.1, -0.05) is 81.4 Å². The number of methoxy groups -OCH3 is 1.